The molecule has 2 aromatic carbocycles. The molecule has 254 valence electrons. The van der Waals surface area contributed by atoms with Gasteiger partial charge in [-0.05, 0) is 98.6 Å². The number of nitrogens with zero attached hydrogens (tertiary/aromatic N) is 7. The van der Waals surface area contributed by atoms with E-state index in [1.54, 1.807) is 0 Å². The van der Waals surface area contributed by atoms with Gasteiger partial charge in [0.25, 0.3) is 0 Å². The molecule has 2 saturated carbocycles. The summed E-state index contributed by atoms with van der Waals surface area (Å²) in [6, 6.07) is 7.32. The van der Waals surface area contributed by atoms with Gasteiger partial charge in [0.15, 0.2) is 5.75 Å². The fourth-order valence-electron chi connectivity index (χ4n) is 9.30. The van der Waals surface area contributed by atoms with Crippen LogP contribution in [-0.2, 0) is 4.79 Å². The Balaban J connectivity index is 1.08. The summed E-state index contributed by atoms with van der Waals surface area (Å²) in [6.45, 7) is 16.5. The third-order valence-corrected chi connectivity index (χ3v) is 12.7. The van der Waals surface area contributed by atoms with E-state index in [4.69, 9.17) is 14.7 Å². The zero-order valence-corrected chi connectivity index (χ0v) is 28.8. The highest BCUT2D eigenvalue weighted by Crippen LogP contribution is 2.55. The van der Waals surface area contributed by atoms with Gasteiger partial charge >= 0.3 is 0 Å². The second-order valence-corrected chi connectivity index (χ2v) is 16.1. The Morgan fingerprint density at radius 3 is 2.45 bits per heavy atom. The van der Waals surface area contributed by atoms with Crippen molar-refractivity contribution in [3.8, 4) is 16.9 Å². The van der Waals surface area contributed by atoms with E-state index in [-0.39, 0.29) is 11.3 Å². The van der Waals surface area contributed by atoms with Gasteiger partial charge in [0, 0.05) is 80.2 Å². The van der Waals surface area contributed by atoms with Crippen LogP contribution in [0.25, 0.3) is 32.9 Å². The standard InChI is InChI=1S/C39H46N8O2/c1-4-31(48)47-22-39(23-47)12-14-44(15-13-39)36-28-16-27(25-7-8-25)33(32-24(3)6-9-30-29(32)17-40-43-30)35(49-5-2)34(28)41-37(42-36)45-18-26(19-45)46-20-38(21-46)10-11-38/h4,6,9,16-17,25-26H,1,5,7-8,10-15,18-23H2,2-3H3,(H,40,43). The summed E-state index contributed by atoms with van der Waals surface area (Å²) in [6.07, 6.45) is 10.7. The van der Waals surface area contributed by atoms with Crippen LogP contribution in [0.2, 0.25) is 0 Å². The van der Waals surface area contributed by atoms with Crippen LogP contribution in [0.3, 0.4) is 0 Å². The molecule has 10 nitrogen and oxygen atoms in total. The lowest BCUT2D eigenvalue weighted by Gasteiger charge is -2.54. The number of ether oxygens (including phenoxy) is 1. The number of carbonyl (C=O) groups excluding carboxylic acids is 1. The fourth-order valence-corrected chi connectivity index (χ4v) is 9.30. The monoisotopic (exact) mass is 658 g/mol. The quantitative estimate of drug-likeness (QED) is 0.243. The van der Waals surface area contributed by atoms with Crippen molar-refractivity contribution in [1.29, 1.82) is 0 Å². The summed E-state index contributed by atoms with van der Waals surface area (Å²) in [5, 5.41) is 9.86. The first-order valence-corrected chi connectivity index (χ1v) is 18.5. The second-order valence-electron chi connectivity index (χ2n) is 16.1. The topological polar surface area (TPSA) is 93.7 Å². The molecule has 6 fully saturated rings. The molecule has 2 aliphatic carbocycles. The normalized spacial score (nSPS) is 22.8. The van der Waals surface area contributed by atoms with Crippen molar-refractivity contribution in [3.63, 3.8) is 0 Å². The molecule has 1 N–H and O–H groups in total. The Hall–Kier alpha value is -4.18. The van der Waals surface area contributed by atoms with Crippen molar-refractivity contribution in [2.45, 2.75) is 64.3 Å². The third kappa shape index (κ3) is 4.69. The van der Waals surface area contributed by atoms with Gasteiger partial charge in [0.1, 0.15) is 11.3 Å². The van der Waals surface area contributed by atoms with Gasteiger partial charge in [-0.15, -0.1) is 0 Å². The molecule has 10 heteroatoms. The maximum absolute atomic E-state index is 12.3. The van der Waals surface area contributed by atoms with Crippen molar-refractivity contribution in [1.82, 2.24) is 30.0 Å². The summed E-state index contributed by atoms with van der Waals surface area (Å²) in [7, 11) is 0. The van der Waals surface area contributed by atoms with Crippen LogP contribution in [0.4, 0.5) is 11.8 Å². The average Bonchev–Trinajstić information content (AvgIpc) is 4.00. The van der Waals surface area contributed by atoms with Crippen LogP contribution in [0.15, 0.2) is 37.1 Å². The zero-order chi connectivity index (χ0) is 33.1. The van der Waals surface area contributed by atoms with Crippen LogP contribution < -0.4 is 14.5 Å². The number of aromatic nitrogens is 4. The lowest BCUT2D eigenvalue weighted by molar-refractivity contribution is -0.139. The number of aromatic amines is 1. The Morgan fingerprint density at radius 1 is 1.00 bits per heavy atom. The van der Waals surface area contributed by atoms with E-state index in [0.29, 0.717) is 24.0 Å². The van der Waals surface area contributed by atoms with Crippen LogP contribution >= 0.6 is 0 Å². The lowest BCUT2D eigenvalue weighted by atomic mass is 9.72. The maximum Gasteiger partial charge on any atom is 0.245 e. The molecule has 2 spiro atoms. The minimum Gasteiger partial charge on any atom is -0.491 e. The maximum atomic E-state index is 12.3. The summed E-state index contributed by atoms with van der Waals surface area (Å²) in [4.78, 5) is 32.6. The van der Waals surface area contributed by atoms with Crippen molar-refractivity contribution >= 4 is 39.5 Å². The second kappa shape index (κ2) is 10.7. The van der Waals surface area contributed by atoms with Gasteiger partial charge in [0.05, 0.1) is 18.3 Å². The van der Waals surface area contributed by atoms with Crippen molar-refractivity contribution in [3.05, 3.63) is 48.2 Å². The molecule has 0 bridgehead atoms. The highest BCUT2D eigenvalue weighted by Gasteiger charge is 2.55. The number of piperidine rings is 1. The number of hydrogen-bond acceptors (Lipinski definition) is 8. The van der Waals surface area contributed by atoms with Crippen molar-refractivity contribution in [2.24, 2.45) is 10.8 Å². The summed E-state index contributed by atoms with van der Waals surface area (Å²) >= 11 is 0. The first-order valence-electron chi connectivity index (χ1n) is 18.5. The number of nitrogens with one attached hydrogen (secondary N) is 1. The van der Waals surface area contributed by atoms with E-state index in [1.807, 2.05) is 11.1 Å². The molecule has 4 aromatic rings. The van der Waals surface area contributed by atoms with Crippen LogP contribution in [0, 0.1) is 17.8 Å². The smallest absolute Gasteiger partial charge is 0.245 e. The molecule has 49 heavy (non-hydrogen) atoms. The minimum atomic E-state index is 0.0473. The van der Waals surface area contributed by atoms with E-state index in [2.05, 4.69) is 63.5 Å². The number of fused-ring (bicyclic) bond motifs is 2. The summed E-state index contributed by atoms with van der Waals surface area (Å²) < 4.78 is 6.74. The average molecular weight is 659 g/mol. The number of hydrogen-bond donors (Lipinski definition) is 1. The largest absolute Gasteiger partial charge is 0.491 e. The molecule has 4 saturated heterocycles. The molecule has 6 aliphatic rings. The molecule has 6 heterocycles. The van der Waals surface area contributed by atoms with Crippen LogP contribution in [-0.4, -0.2) is 101 Å². The fraction of sp³-hybridized carbons (Fsp3) is 0.538. The lowest BCUT2D eigenvalue weighted by Crippen LogP contribution is -2.66. The molecule has 4 aliphatic heterocycles. The van der Waals surface area contributed by atoms with E-state index in [9.17, 15) is 4.79 Å². The van der Waals surface area contributed by atoms with E-state index in [1.165, 1.54) is 67.1 Å². The highest BCUT2D eigenvalue weighted by molar-refractivity contribution is 6.06. The Morgan fingerprint density at radius 2 is 1.76 bits per heavy atom. The van der Waals surface area contributed by atoms with Gasteiger partial charge in [-0.2, -0.15) is 10.1 Å². The Labute approximate surface area is 287 Å². The first-order chi connectivity index (χ1) is 23.9. The number of rotatable bonds is 8. The Kier molecular flexibility index (Phi) is 6.46. The number of amides is 1. The number of anilines is 2. The van der Waals surface area contributed by atoms with Crippen LogP contribution in [0.5, 0.6) is 5.75 Å². The molecular weight excluding hydrogens is 612 g/mol. The number of carbonyl (C=O) groups is 1. The van der Waals surface area contributed by atoms with Crippen molar-refractivity contribution < 1.29 is 9.53 Å². The van der Waals surface area contributed by atoms with Gasteiger partial charge in [-0.1, -0.05) is 12.6 Å². The van der Waals surface area contributed by atoms with Gasteiger partial charge in [0.2, 0.25) is 11.9 Å². The molecular formula is C39H46N8O2. The number of H-pyrrole nitrogens is 1. The van der Waals surface area contributed by atoms with Gasteiger partial charge in [-0.25, -0.2) is 4.98 Å². The number of benzene rings is 2. The van der Waals surface area contributed by atoms with E-state index < -0.39 is 0 Å². The summed E-state index contributed by atoms with van der Waals surface area (Å²) in [5.74, 6) is 3.26. The molecule has 0 atom stereocenters. The minimum absolute atomic E-state index is 0.0473. The highest BCUT2D eigenvalue weighted by atomic mass is 16.5. The molecule has 1 amide bonds. The zero-order valence-electron chi connectivity index (χ0n) is 28.8. The predicted octanol–water partition coefficient (Wildman–Crippen LogP) is 5.66. The number of likely N-dealkylation sites (tertiary alicyclic amines) is 2. The SMILES string of the molecule is C=CC(=O)N1CC2(CCN(c3nc(N4CC(N5CC6(CC6)C5)C4)nc4c(OCC)c(-c5c(C)ccc6[nH]ncc56)c(C5CC5)cc34)CC2)C1. The summed E-state index contributed by atoms with van der Waals surface area (Å²) in [5.41, 5.74) is 7.73. The van der Waals surface area contributed by atoms with E-state index >= 15 is 0 Å². The predicted molar refractivity (Wildman–Crippen MR) is 192 cm³/mol. The molecule has 10 rings (SSSR count). The van der Waals surface area contributed by atoms with E-state index in [0.717, 1.165) is 91.4 Å². The van der Waals surface area contributed by atoms with Gasteiger partial charge in [-0.3, -0.25) is 14.8 Å². The third-order valence-electron chi connectivity index (χ3n) is 12.7. The molecule has 0 unspecified atom stereocenters. The Bertz CT molecular complexity index is 2000. The van der Waals surface area contributed by atoms with Crippen molar-refractivity contribution in [2.75, 3.05) is 68.8 Å². The number of aryl methyl sites for hydroxylation is 1. The first kappa shape index (κ1) is 29.7. The molecule has 2 aromatic heterocycles. The van der Waals surface area contributed by atoms with Crippen LogP contribution in [0.1, 0.15) is 62.5 Å². The molecule has 0 radical (unpaired) electrons. The van der Waals surface area contributed by atoms with Gasteiger partial charge < -0.3 is 19.4 Å².